The number of aliphatic hydroxyl groups is 4. The monoisotopic (exact) mass is 342 g/mol. The van der Waals surface area contributed by atoms with Crippen molar-refractivity contribution in [3.05, 3.63) is 0 Å². The summed E-state index contributed by atoms with van der Waals surface area (Å²) in [7, 11) is -7.01. The Kier molecular flexibility index (Phi) is 11.1. The molecule has 0 unspecified atom stereocenters. The molecule has 6 N–H and O–H groups in total. The predicted octanol–water partition coefficient (Wildman–Crippen LogP) is -1.56. The molecule has 0 aliphatic heterocycles. The lowest BCUT2D eigenvalue weighted by Crippen LogP contribution is -2.37. The third-order valence-corrected chi connectivity index (χ3v) is 4.54. The quantitative estimate of drug-likeness (QED) is 0.280. The van der Waals surface area contributed by atoms with Gasteiger partial charge in [-0.15, -0.1) is 0 Å². The minimum Gasteiger partial charge on any atom is -0.396 e. The molecule has 0 aliphatic carbocycles. The molecule has 0 heterocycles. The highest BCUT2D eigenvalue weighted by atomic mass is 31.3. The van der Waals surface area contributed by atoms with E-state index in [0.717, 1.165) is 14.2 Å². The Balaban J connectivity index is 0. The molecule has 0 saturated heterocycles. The van der Waals surface area contributed by atoms with Crippen molar-refractivity contribution >= 4 is 15.6 Å². The summed E-state index contributed by atoms with van der Waals surface area (Å²) in [6, 6.07) is 0. The van der Waals surface area contributed by atoms with Crippen molar-refractivity contribution in [3.63, 3.8) is 0 Å². The first-order chi connectivity index (χ1) is 9.07. The summed E-state index contributed by atoms with van der Waals surface area (Å²) < 4.78 is 32.8. The number of rotatable bonds is 8. The van der Waals surface area contributed by atoms with Gasteiger partial charge in [-0.25, -0.2) is 9.13 Å². The number of hydrogen-bond donors (Lipinski definition) is 6. The van der Waals surface area contributed by atoms with Gasteiger partial charge in [-0.05, 0) is 0 Å². The Morgan fingerprint density at radius 2 is 1.15 bits per heavy atom. The highest BCUT2D eigenvalue weighted by Crippen LogP contribution is 2.59. The number of phosphoric acid groups is 2. The minimum atomic E-state index is -4.83. The van der Waals surface area contributed by atoms with Gasteiger partial charge in [0.25, 0.3) is 0 Å². The largest absolute Gasteiger partial charge is 0.483 e. The van der Waals surface area contributed by atoms with Crippen molar-refractivity contribution in [2.45, 2.75) is 0 Å². The van der Waals surface area contributed by atoms with Gasteiger partial charge in [0.05, 0.1) is 31.8 Å². The van der Waals surface area contributed by atoms with Crippen LogP contribution in [0.2, 0.25) is 0 Å². The Morgan fingerprint density at radius 1 is 0.850 bits per heavy atom. The van der Waals surface area contributed by atoms with E-state index in [1.165, 1.54) is 0 Å². The lowest BCUT2D eigenvalue weighted by molar-refractivity contribution is -0.0328. The van der Waals surface area contributed by atoms with Gasteiger partial charge in [0, 0.05) is 14.2 Å². The third-order valence-electron chi connectivity index (χ3n) is 2.00. The van der Waals surface area contributed by atoms with Crippen LogP contribution in [0.1, 0.15) is 0 Å². The summed E-state index contributed by atoms with van der Waals surface area (Å²) in [5, 5.41) is 34.0. The maximum Gasteiger partial charge on any atom is 0.483 e. The van der Waals surface area contributed by atoms with Gasteiger partial charge in [-0.1, -0.05) is 0 Å². The molecule has 0 radical (unpaired) electrons. The SMILES string of the molecule is COP(=O)(OC)OP(=O)(O)O.OCC(CO)(CO)CO. The fourth-order valence-electron chi connectivity index (χ4n) is 0.571. The van der Waals surface area contributed by atoms with Crippen LogP contribution in [-0.2, 0) is 22.5 Å². The number of hydrogen-bond acceptors (Lipinski definition) is 9. The van der Waals surface area contributed by atoms with Crippen LogP contribution in [0.25, 0.3) is 0 Å². The Morgan fingerprint density at radius 3 is 1.20 bits per heavy atom. The predicted molar refractivity (Wildman–Crippen MR) is 65.5 cm³/mol. The molecule has 0 saturated carbocycles. The highest BCUT2D eigenvalue weighted by molar-refractivity contribution is 7.61. The van der Waals surface area contributed by atoms with Crippen LogP contribution in [0.3, 0.4) is 0 Å². The molecule has 0 aromatic heterocycles. The number of aliphatic hydroxyl groups excluding tert-OH is 4. The maximum absolute atomic E-state index is 10.8. The molecular weight excluding hydrogens is 322 g/mol. The second-order valence-corrected chi connectivity index (χ2v) is 6.78. The highest BCUT2D eigenvalue weighted by Gasteiger charge is 2.33. The lowest BCUT2D eigenvalue weighted by atomic mass is 9.93. The first-order valence-corrected chi connectivity index (χ1v) is 7.98. The molecule has 0 fully saturated rings. The maximum atomic E-state index is 10.8. The van der Waals surface area contributed by atoms with E-state index >= 15 is 0 Å². The van der Waals surface area contributed by atoms with Gasteiger partial charge < -0.3 is 30.2 Å². The van der Waals surface area contributed by atoms with Crippen molar-refractivity contribution in [2.24, 2.45) is 5.41 Å². The van der Waals surface area contributed by atoms with Crippen molar-refractivity contribution < 1.29 is 52.7 Å². The van der Waals surface area contributed by atoms with Crippen LogP contribution >= 0.6 is 15.6 Å². The summed E-state index contributed by atoms with van der Waals surface area (Å²) in [6.45, 7) is -1.62. The zero-order valence-electron chi connectivity index (χ0n) is 10.9. The van der Waals surface area contributed by atoms with Gasteiger partial charge in [-0.2, -0.15) is 4.31 Å². The zero-order valence-corrected chi connectivity index (χ0v) is 12.7. The van der Waals surface area contributed by atoms with Crippen molar-refractivity contribution in [3.8, 4) is 0 Å². The standard InChI is InChI=1S/C5H12O4.C2H8O7P2/c6-1-5(2-7,3-8)4-9;1-7-11(6,8-2)9-10(3,4)5/h6-9H,1-4H2;1-2H3,(H2,3,4,5). The van der Waals surface area contributed by atoms with Gasteiger partial charge in [0.2, 0.25) is 0 Å². The average Bonchev–Trinajstić information content (AvgIpc) is 2.41. The molecule has 20 heavy (non-hydrogen) atoms. The van der Waals surface area contributed by atoms with E-state index < -0.39 is 47.5 Å². The fourth-order valence-corrected chi connectivity index (χ4v) is 2.30. The van der Waals surface area contributed by atoms with Gasteiger partial charge in [-0.3, -0.25) is 9.05 Å². The van der Waals surface area contributed by atoms with Crippen LogP contribution in [0.5, 0.6) is 0 Å². The molecule has 0 aromatic carbocycles. The van der Waals surface area contributed by atoms with Crippen molar-refractivity contribution in [2.75, 3.05) is 40.6 Å². The Bertz CT molecular complexity index is 310. The van der Waals surface area contributed by atoms with E-state index in [1.807, 2.05) is 0 Å². The first kappa shape index (κ1) is 22.4. The summed E-state index contributed by atoms with van der Waals surface area (Å²) in [5.41, 5.74) is -1.11. The second-order valence-electron chi connectivity index (χ2n) is 3.52. The van der Waals surface area contributed by atoms with Crippen molar-refractivity contribution in [1.82, 2.24) is 0 Å². The average molecular weight is 342 g/mol. The van der Waals surface area contributed by atoms with Crippen LogP contribution in [-0.4, -0.2) is 70.9 Å². The van der Waals surface area contributed by atoms with E-state index in [4.69, 9.17) is 30.2 Å². The fraction of sp³-hybridized carbons (Fsp3) is 1.00. The summed E-state index contributed by atoms with van der Waals surface area (Å²) >= 11 is 0. The normalized spacial score (nSPS) is 12.8. The van der Waals surface area contributed by atoms with Crippen LogP contribution in [0.15, 0.2) is 0 Å². The van der Waals surface area contributed by atoms with Crippen molar-refractivity contribution in [1.29, 1.82) is 0 Å². The Hall–Kier alpha value is 0.100. The van der Waals surface area contributed by atoms with Gasteiger partial charge in [0.15, 0.2) is 0 Å². The molecule has 0 aromatic rings. The number of phosphoric ester groups is 1. The second kappa shape index (κ2) is 9.93. The van der Waals surface area contributed by atoms with Crippen LogP contribution in [0, 0.1) is 5.41 Å². The zero-order chi connectivity index (χ0) is 16.4. The minimum absolute atomic E-state index is 0.406. The van der Waals surface area contributed by atoms with Crippen LogP contribution < -0.4 is 0 Å². The summed E-state index contributed by atoms with van der Waals surface area (Å²) in [4.78, 5) is 16.3. The van der Waals surface area contributed by atoms with E-state index in [-0.39, 0.29) is 0 Å². The third kappa shape index (κ3) is 9.11. The van der Waals surface area contributed by atoms with E-state index in [1.54, 1.807) is 0 Å². The van der Waals surface area contributed by atoms with Crippen LogP contribution in [0.4, 0.5) is 0 Å². The molecule has 0 rings (SSSR count). The molecule has 0 amide bonds. The topological polar surface area (TPSA) is 183 Å². The Labute approximate surface area is 115 Å². The van der Waals surface area contributed by atoms with Gasteiger partial charge >= 0.3 is 15.6 Å². The van der Waals surface area contributed by atoms with E-state index in [0.29, 0.717) is 0 Å². The van der Waals surface area contributed by atoms with Gasteiger partial charge in [0.1, 0.15) is 0 Å². The molecule has 13 heteroatoms. The lowest BCUT2D eigenvalue weighted by Gasteiger charge is -2.23. The summed E-state index contributed by atoms with van der Waals surface area (Å²) in [6.07, 6.45) is 0. The first-order valence-electron chi connectivity index (χ1n) is 4.99. The van der Waals surface area contributed by atoms with E-state index in [9.17, 15) is 9.13 Å². The molecule has 0 bridgehead atoms. The molecule has 124 valence electrons. The molecule has 0 spiro atoms. The molecule has 0 atom stereocenters. The molecular formula is C7H20O11P2. The summed E-state index contributed by atoms with van der Waals surface area (Å²) in [5.74, 6) is 0. The smallest absolute Gasteiger partial charge is 0.396 e. The molecule has 11 nitrogen and oxygen atoms in total. The molecule has 0 aliphatic rings. The van der Waals surface area contributed by atoms with E-state index in [2.05, 4.69) is 13.4 Å².